The topological polar surface area (TPSA) is 199 Å². The summed E-state index contributed by atoms with van der Waals surface area (Å²) in [5.41, 5.74) is 2.18. The first-order chi connectivity index (χ1) is 18.7. The van der Waals surface area contributed by atoms with Crippen LogP contribution in [0, 0.1) is 18.3 Å². The van der Waals surface area contributed by atoms with Gasteiger partial charge in [0.2, 0.25) is 5.78 Å². The lowest BCUT2D eigenvalue weighted by molar-refractivity contribution is -0.167. The molecule has 40 heavy (non-hydrogen) atoms. The SMILES string of the molecule is CC(=O)c1ccc(-c2ccc3c(c2O)C(O)=C2C(=O)[C@]4(O)C(O)=C(C(N)=O)C(=O)[C@@H](N(C)C)[C@@H]4[C@@H](O)[C@@H]2[CH]3)cc1. The van der Waals surface area contributed by atoms with Gasteiger partial charge in [-0.05, 0) is 32.1 Å². The molecule has 3 aliphatic rings. The standard InChI is InChI=1S/C29H27N2O9/c1-11(32)12-4-6-13(7-5-12)15-9-8-14-10-16-18(24(35)17(14)22(15)33)26(37)29(40)20(23(16)34)21(31(2)3)25(36)19(27(29)38)28(30)39/h4-10,16,20-21,23,33-35,38,40H,1-3H3,(H2,30,39)/t16-,20-,21+,23+,29+/m1/s1. The van der Waals surface area contributed by atoms with Gasteiger partial charge < -0.3 is 31.3 Å². The summed E-state index contributed by atoms with van der Waals surface area (Å²) in [4.78, 5) is 52.1. The van der Waals surface area contributed by atoms with Gasteiger partial charge in [0, 0.05) is 29.0 Å². The highest BCUT2D eigenvalue weighted by molar-refractivity contribution is 6.24. The van der Waals surface area contributed by atoms with E-state index in [0.717, 1.165) is 0 Å². The van der Waals surface area contributed by atoms with Crippen LogP contribution >= 0.6 is 0 Å². The van der Waals surface area contributed by atoms with Gasteiger partial charge in [-0.1, -0.05) is 36.4 Å². The zero-order valence-electron chi connectivity index (χ0n) is 21.7. The summed E-state index contributed by atoms with van der Waals surface area (Å²) in [6, 6.07) is 8.07. The number of carbonyl (C=O) groups excluding carboxylic acids is 4. The number of fused-ring (bicyclic) bond motifs is 3. The lowest BCUT2D eigenvalue weighted by Crippen LogP contribution is -2.70. The lowest BCUT2D eigenvalue weighted by Gasteiger charge is -2.52. The van der Waals surface area contributed by atoms with Crippen LogP contribution in [0.2, 0.25) is 0 Å². The van der Waals surface area contributed by atoms with Crippen molar-refractivity contribution in [3.63, 3.8) is 0 Å². The first kappa shape index (κ1) is 27.3. The van der Waals surface area contributed by atoms with Crippen molar-refractivity contribution < 1.29 is 44.7 Å². The van der Waals surface area contributed by atoms with Crippen LogP contribution in [0.5, 0.6) is 5.75 Å². The maximum absolute atomic E-state index is 13.9. The highest BCUT2D eigenvalue weighted by Gasteiger charge is 2.67. The molecule has 3 aliphatic carbocycles. The third kappa shape index (κ3) is 3.55. The fourth-order valence-electron chi connectivity index (χ4n) is 6.13. The molecule has 11 heteroatoms. The van der Waals surface area contributed by atoms with E-state index >= 15 is 0 Å². The zero-order chi connectivity index (χ0) is 29.4. The van der Waals surface area contributed by atoms with E-state index in [1.54, 1.807) is 36.4 Å². The molecule has 5 rings (SSSR count). The Bertz CT molecular complexity index is 1570. The number of nitrogens with zero attached hydrogens (tertiary/aromatic N) is 1. The van der Waals surface area contributed by atoms with E-state index in [1.807, 2.05) is 0 Å². The Morgan fingerprint density at radius 1 is 1.00 bits per heavy atom. The molecule has 5 atom stereocenters. The van der Waals surface area contributed by atoms with Gasteiger partial charge in [0.15, 0.2) is 17.2 Å². The summed E-state index contributed by atoms with van der Waals surface area (Å²) in [6.07, 6.45) is -0.266. The van der Waals surface area contributed by atoms with E-state index in [-0.39, 0.29) is 22.5 Å². The first-order valence-corrected chi connectivity index (χ1v) is 12.4. The summed E-state index contributed by atoms with van der Waals surface area (Å²) in [6.45, 7) is 1.41. The van der Waals surface area contributed by atoms with E-state index in [2.05, 4.69) is 0 Å². The van der Waals surface area contributed by atoms with E-state index in [0.29, 0.717) is 11.1 Å². The number of likely N-dealkylation sites (N-methyl/N-ethyl adjacent to an activating group) is 1. The summed E-state index contributed by atoms with van der Waals surface area (Å²) >= 11 is 0. The number of Topliss-reactive ketones (excluding diaryl/α,β-unsaturated/α-hetero) is 3. The van der Waals surface area contributed by atoms with Crippen molar-refractivity contribution in [3.05, 3.63) is 76.4 Å². The fourth-order valence-corrected chi connectivity index (χ4v) is 6.13. The van der Waals surface area contributed by atoms with Gasteiger partial charge in [0.05, 0.1) is 23.6 Å². The number of carbonyl (C=O) groups is 4. The summed E-state index contributed by atoms with van der Waals surface area (Å²) in [5.74, 6) is -9.06. The van der Waals surface area contributed by atoms with Gasteiger partial charge >= 0.3 is 0 Å². The van der Waals surface area contributed by atoms with Crippen LogP contribution in [0.1, 0.15) is 28.4 Å². The predicted octanol–water partition coefficient (Wildman–Crippen LogP) is 0.814. The summed E-state index contributed by atoms with van der Waals surface area (Å²) < 4.78 is 0. The Kier molecular flexibility index (Phi) is 6.21. The average molecular weight is 548 g/mol. The number of phenolic OH excluding ortho intramolecular Hbond substituents is 1. The molecule has 11 nitrogen and oxygen atoms in total. The number of ketones is 3. The Labute approximate surface area is 228 Å². The van der Waals surface area contributed by atoms with Crippen LogP contribution in [-0.4, -0.2) is 85.5 Å². The largest absolute Gasteiger partial charge is 0.508 e. The summed E-state index contributed by atoms with van der Waals surface area (Å²) in [7, 11) is 2.87. The molecule has 1 radical (unpaired) electrons. The molecular formula is C29H27N2O9. The van der Waals surface area contributed by atoms with Crippen molar-refractivity contribution >= 4 is 29.0 Å². The molecular weight excluding hydrogens is 520 g/mol. The number of hydrogen-bond donors (Lipinski definition) is 6. The monoisotopic (exact) mass is 547 g/mol. The number of hydrogen-bond acceptors (Lipinski definition) is 10. The molecule has 2 aromatic rings. The number of aliphatic hydroxyl groups is 4. The number of benzene rings is 2. The second-order valence-electron chi connectivity index (χ2n) is 10.5. The number of nitrogens with two attached hydrogens (primary N) is 1. The van der Waals surface area contributed by atoms with Gasteiger partial charge in [-0.15, -0.1) is 0 Å². The van der Waals surface area contributed by atoms with Crippen LogP contribution in [0.25, 0.3) is 16.9 Å². The van der Waals surface area contributed by atoms with Crippen LogP contribution in [-0.2, 0) is 14.4 Å². The number of aromatic hydroxyl groups is 1. The predicted molar refractivity (Wildman–Crippen MR) is 141 cm³/mol. The Balaban J connectivity index is 1.71. The van der Waals surface area contributed by atoms with E-state index in [1.165, 1.54) is 32.3 Å². The second kappa shape index (κ2) is 9.12. The smallest absolute Gasteiger partial charge is 0.255 e. The molecule has 0 spiro atoms. The van der Waals surface area contributed by atoms with Crippen LogP contribution in [0.4, 0.5) is 0 Å². The molecule has 2 aromatic carbocycles. The zero-order valence-corrected chi connectivity index (χ0v) is 21.7. The van der Waals surface area contributed by atoms with Crippen molar-refractivity contribution in [1.82, 2.24) is 4.90 Å². The van der Waals surface area contributed by atoms with Crippen LogP contribution in [0.15, 0.2) is 53.3 Å². The third-order valence-corrected chi connectivity index (χ3v) is 8.06. The Hall–Kier alpha value is -4.32. The minimum atomic E-state index is -2.98. The van der Waals surface area contributed by atoms with E-state index in [9.17, 15) is 44.7 Å². The molecule has 207 valence electrons. The molecule has 7 N–H and O–H groups in total. The molecule has 0 aliphatic heterocycles. The quantitative estimate of drug-likeness (QED) is 0.235. The number of aliphatic hydroxyl groups excluding tert-OH is 3. The van der Waals surface area contributed by atoms with Gasteiger partial charge in [-0.2, -0.15) is 0 Å². The second-order valence-corrected chi connectivity index (χ2v) is 10.5. The van der Waals surface area contributed by atoms with Gasteiger partial charge in [0.1, 0.15) is 22.8 Å². The van der Waals surface area contributed by atoms with Crippen molar-refractivity contribution in [2.75, 3.05) is 14.1 Å². The number of rotatable bonds is 4. The molecule has 0 saturated heterocycles. The first-order valence-electron chi connectivity index (χ1n) is 12.4. The van der Waals surface area contributed by atoms with Crippen molar-refractivity contribution in [2.24, 2.45) is 17.6 Å². The minimum Gasteiger partial charge on any atom is -0.508 e. The molecule has 1 amide bonds. The highest BCUT2D eigenvalue weighted by atomic mass is 16.4. The van der Waals surface area contributed by atoms with Gasteiger partial charge in [-0.25, -0.2) is 0 Å². The molecule has 0 bridgehead atoms. The number of amides is 1. The van der Waals surface area contributed by atoms with Crippen molar-refractivity contribution in [2.45, 2.75) is 24.7 Å². The van der Waals surface area contributed by atoms with Crippen molar-refractivity contribution in [3.8, 4) is 16.9 Å². The Morgan fingerprint density at radius 2 is 1.62 bits per heavy atom. The van der Waals surface area contributed by atoms with Crippen LogP contribution < -0.4 is 5.73 Å². The van der Waals surface area contributed by atoms with Crippen molar-refractivity contribution in [1.29, 1.82) is 0 Å². The van der Waals surface area contributed by atoms with E-state index in [4.69, 9.17) is 5.73 Å². The normalized spacial score (nSPS) is 27.9. The fraction of sp³-hybridized carbons (Fsp3) is 0.276. The highest BCUT2D eigenvalue weighted by Crippen LogP contribution is 2.54. The molecule has 0 heterocycles. The Morgan fingerprint density at radius 3 is 2.17 bits per heavy atom. The maximum atomic E-state index is 13.9. The van der Waals surface area contributed by atoms with Crippen LogP contribution in [0.3, 0.4) is 0 Å². The van der Waals surface area contributed by atoms with Gasteiger partial charge in [-0.3, -0.25) is 24.1 Å². The number of phenols is 1. The molecule has 1 saturated carbocycles. The minimum absolute atomic E-state index is 0.146. The molecule has 1 fully saturated rings. The third-order valence-electron chi connectivity index (χ3n) is 8.06. The van der Waals surface area contributed by atoms with Gasteiger partial charge in [0.25, 0.3) is 5.91 Å². The summed E-state index contributed by atoms with van der Waals surface area (Å²) in [5, 5.41) is 56.6. The average Bonchev–Trinajstić information content (AvgIpc) is 2.88. The lowest BCUT2D eigenvalue weighted by atomic mass is 9.56. The maximum Gasteiger partial charge on any atom is 0.255 e. The number of primary amides is 1. The molecule has 0 unspecified atom stereocenters. The molecule has 0 aromatic heterocycles. The van der Waals surface area contributed by atoms with E-state index < -0.39 is 75.5 Å².